The summed E-state index contributed by atoms with van der Waals surface area (Å²) in [5, 5.41) is 14.7. The number of rotatable bonds is 5. The molecule has 2 aromatic rings. The molecule has 140 valence electrons. The van der Waals surface area contributed by atoms with E-state index in [1.54, 1.807) is 0 Å². The van der Waals surface area contributed by atoms with Gasteiger partial charge in [-0.05, 0) is 37.8 Å². The minimum absolute atomic E-state index is 0.242. The van der Waals surface area contributed by atoms with Crippen LogP contribution in [-0.4, -0.2) is 11.9 Å². The lowest BCUT2D eigenvalue weighted by Gasteiger charge is -2.34. The van der Waals surface area contributed by atoms with Gasteiger partial charge in [0.15, 0.2) is 0 Å². The smallest absolute Gasteiger partial charge is 0.224 e. The van der Waals surface area contributed by atoms with Crippen molar-refractivity contribution >= 4 is 11.9 Å². The number of allylic oxidation sites excluding steroid dienone is 2. The molecule has 0 spiro atoms. The van der Waals surface area contributed by atoms with Crippen molar-refractivity contribution in [2.24, 2.45) is 11.8 Å². The highest BCUT2D eigenvalue weighted by Gasteiger charge is 2.34. The van der Waals surface area contributed by atoms with Crippen molar-refractivity contribution in [2.45, 2.75) is 32.7 Å². The van der Waals surface area contributed by atoms with E-state index in [0.29, 0.717) is 12.8 Å². The summed E-state index contributed by atoms with van der Waals surface area (Å²) in [6.07, 6.45) is 0.820. The van der Waals surface area contributed by atoms with Crippen LogP contribution in [0.3, 0.4) is 0 Å². The molecule has 0 fully saturated rings. The molecule has 1 aliphatic carbocycles. The summed E-state index contributed by atoms with van der Waals surface area (Å²) in [7, 11) is 0. The first kappa shape index (κ1) is 18.9. The average Bonchev–Trinajstić information content (AvgIpc) is 2.68. The van der Waals surface area contributed by atoms with E-state index in [9.17, 15) is 14.7 Å². The molecule has 2 unspecified atom stereocenters. The minimum Gasteiger partial charge on any atom is -0.550 e. The van der Waals surface area contributed by atoms with Gasteiger partial charge >= 0.3 is 0 Å². The van der Waals surface area contributed by atoms with Crippen molar-refractivity contribution in [3.8, 4) is 0 Å². The minimum atomic E-state index is -1.15. The normalized spacial score (nSPS) is 19.8. The first-order valence-corrected chi connectivity index (χ1v) is 9.23. The number of carboxylic acids is 1. The second-order valence-corrected chi connectivity index (χ2v) is 7.26. The Labute approximate surface area is 159 Å². The molecule has 1 aliphatic rings. The molecule has 0 aliphatic heterocycles. The molecule has 0 saturated heterocycles. The number of carbonyl (C=O) groups is 2. The van der Waals surface area contributed by atoms with Gasteiger partial charge in [0.25, 0.3) is 0 Å². The van der Waals surface area contributed by atoms with E-state index < -0.39 is 17.8 Å². The van der Waals surface area contributed by atoms with Gasteiger partial charge in [-0.25, -0.2) is 0 Å². The quantitative estimate of drug-likeness (QED) is 0.832. The Morgan fingerprint density at radius 1 is 0.852 bits per heavy atom. The highest BCUT2D eigenvalue weighted by Crippen LogP contribution is 2.35. The fraction of sp³-hybridized carbons (Fsp3) is 0.304. The first-order chi connectivity index (χ1) is 13.0. The average molecular weight is 362 g/mol. The van der Waals surface area contributed by atoms with E-state index in [4.69, 9.17) is 0 Å². The van der Waals surface area contributed by atoms with Crippen LogP contribution in [0.5, 0.6) is 0 Å². The van der Waals surface area contributed by atoms with Crippen molar-refractivity contribution in [1.29, 1.82) is 0 Å². The maximum Gasteiger partial charge on any atom is 0.224 e. The Morgan fingerprint density at radius 3 is 1.74 bits per heavy atom. The number of aliphatic carboxylic acids is 1. The molecule has 0 radical (unpaired) electrons. The zero-order chi connectivity index (χ0) is 19.4. The van der Waals surface area contributed by atoms with Crippen molar-refractivity contribution < 1.29 is 14.7 Å². The highest BCUT2D eigenvalue weighted by molar-refractivity contribution is 5.85. The van der Waals surface area contributed by atoms with Crippen LogP contribution in [0.25, 0.3) is 0 Å². The van der Waals surface area contributed by atoms with Crippen LogP contribution in [0.15, 0.2) is 71.8 Å². The highest BCUT2D eigenvalue weighted by atomic mass is 16.4. The standard InChI is InChI=1S/C23H25NO3/c1-15-13-19(20(23(26)27)14-16(15)2)22(25)24-21(17-9-5-3-6-10-17)18-11-7-4-8-12-18/h3-12,19-21H,13-14H2,1-2H3,(H,24,25)(H,26,27)/p-1. The predicted molar refractivity (Wildman–Crippen MR) is 102 cm³/mol. The van der Waals surface area contributed by atoms with Crippen LogP contribution < -0.4 is 10.4 Å². The van der Waals surface area contributed by atoms with Crippen LogP contribution in [0.1, 0.15) is 43.9 Å². The van der Waals surface area contributed by atoms with Gasteiger partial charge in [0, 0.05) is 17.8 Å². The maximum atomic E-state index is 13.1. The molecule has 0 aromatic heterocycles. The largest absolute Gasteiger partial charge is 0.550 e. The zero-order valence-electron chi connectivity index (χ0n) is 15.6. The zero-order valence-corrected chi connectivity index (χ0v) is 15.6. The lowest BCUT2D eigenvalue weighted by atomic mass is 9.76. The third-order valence-electron chi connectivity index (χ3n) is 5.46. The van der Waals surface area contributed by atoms with E-state index >= 15 is 0 Å². The van der Waals surface area contributed by atoms with Crippen molar-refractivity contribution in [1.82, 2.24) is 5.32 Å². The molecule has 3 rings (SSSR count). The lowest BCUT2D eigenvalue weighted by molar-refractivity contribution is -0.313. The third-order valence-corrected chi connectivity index (χ3v) is 5.46. The van der Waals surface area contributed by atoms with Gasteiger partial charge in [0.05, 0.1) is 6.04 Å². The van der Waals surface area contributed by atoms with Crippen molar-refractivity contribution in [2.75, 3.05) is 0 Å². The van der Waals surface area contributed by atoms with E-state index in [1.165, 1.54) is 0 Å². The molecular weight excluding hydrogens is 338 g/mol. The Hall–Kier alpha value is -2.88. The topological polar surface area (TPSA) is 69.2 Å². The van der Waals surface area contributed by atoms with Crippen LogP contribution in [0.4, 0.5) is 0 Å². The summed E-state index contributed by atoms with van der Waals surface area (Å²) in [5.74, 6) is -2.80. The molecule has 0 saturated carbocycles. The predicted octanol–water partition coefficient (Wildman–Crippen LogP) is 3.00. The fourth-order valence-corrected chi connectivity index (χ4v) is 3.72. The van der Waals surface area contributed by atoms with Crippen LogP contribution >= 0.6 is 0 Å². The van der Waals surface area contributed by atoms with E-state index in [-0.39, 0.29) is 11.9 Å². The molecule has 0 heterocycles. The SMILES string of the molecule is CC1=C(C)CC(C(=O)NC(c2ccccc2)c2ccccc2)C(C(=O)[O-])C1. The Morgan fingerprint density at radius 2 is 1.30 bits per heavy atom. The number of hydrogen-bond donors (Lipinski definition) is 1. The lowest BCUT2D eigenvalue weighted by Crippen LogP contribution is -2.45. The third kappa shape index (κ3) is 4.27. The number of benzene rings is 2. The van der Waals surface area contributed by atoms with Gasteiger partial charge < -0.3 is 15.2 Å². The Balaban J connectivity index is 1.89. The molecule has 4 nitrogen and oxygen atoms in total. The Bertz CT molecular complexity index is 803. The summed E-state index contributed by atoms with van der Waals surface area (Å²) < 4.78 is 0. The molecular formula is C23H24NO3-. The van der Waals surface area contributed by atoms with E-state index in [2.05, 4.69) is 5.32 Å². The van der Waals surface area contributed by atoms with Gasteiger partial charge in [0.2, 0.25) is 5.91 Å². The summed E-state index contributed by atoms with van der Waals surface area (Å²) >= 11 is 0. The molecule has 4 heteroatoms. The second kappa shape index (κ2) is 8.21. The number of carbonyl (C=O) groups excluding carboxylic acids is 2. The molecule has 2 aromatic carbocycles. The van der Waals surface area contributed by atoms with E-state index in [1.807, 2.05) is 74.5 Å². The summed E-state index contributed by atoms with van der Waals surface area (Å²) in [5.41, 5.74) is 4.04. The van der Waals surface area contributed by atoms with Crippen LogP contribution in [0, 0.1) is 11.8 Å². The van der Waals surface area contributed by atoms with Crippen LogP contribution in [-0.2, 0) is 9.59 Å². The van der Waals surface area contributed by atoms with Gasteiger partial charge in [-0.2, -0.15) is 0 Å². The van der Waals surface area contributed by atoms with Gasteiger partial charge in [-0.1, -0.05) is 71.8 Å². The molecule has 27 heavy (non-hydrogen) atoms. The van der Waals surface area contributed by atoms with Gasteiger partial charge in [-0.3, -0.25) is 4.79 Å². The van der Waals surface area contributed by atoms with Crippen molar-refractivity contribution in [3.63, 3.8) is 0 Å². The monoisotopic (exact) mass is 362 g/mol. The number of carboxylic acid groups (broad SMARTS) is 1. The maximum absolute atomic E-state index is 13.1. The number of hydrogen-bond acceptors (Lipinski definition) is 3. The number of nitrogens with one attached hydrogen (secondary N) is 1. The number of amides is 1. The molecule has 1 amide bonds. The first-order valence-electron chi connectivity index (χ1n) is 9.23. The Kier molecular flexibility index (Phi) is 5.75. The van der Waals surface area contributed by atoms with Gasteiger partial charge in [0.1, 0.15) is 0 Å². The molecule has 0 bridgehead atoms. The summed E-state index contributed by atoms with van der Waals surface area (Å²) in [6, 6.07) is 19.1. The molecule has 1 N–H and O–H groups in total. The van der Waals surface area contributed by atoms with Gasteiger partial charge in [-0.15, -0.1) is 0 Å². The van der Waals surface area contributed by atoms with Crippen molar-refractivity contribution in [3.05, 3.63) is 82.9 Å². The second-order valence-electron chi connectivity index (χ2n) is 7.26. The molecule has 2 atom stereocenters. The summed E-state index contributed by atoms with van der Waals surface area (Å²) in [4.78, 5) is 24.7. The summed E-state index contributed by atoms with van der Waals surface area (Å²) in [6.45, 7) is 3.89. The van der Waals surface area contributed by atoms with E-state index in [0.717, 1.165) is 22.3 Å². The fourth-order valence-electron chi connectivity index (χ4n) is 3.72. The van der Waals surface area contributed by atoms with Crippen LogP contribution in [0.2, 0.25) is 0 Å².